The zero-order valence-corrected chi connectivity index (χ0v) is 11.5. The zero-order valence-electron chi connectivity index (χ0n) is 11.5. The maximum atomic E-state index is 8.45. The normalized spacial score (nSPS) is 10.0. The lowest BCUT2D eigenvalue weighted by Crippen LogP contribution is -2.06. The fourth-order valence-electron chi connectivity index (χ4n) is 1.91. The van der Waals surface area contributed by atoms with Crippen LogP contribution in [-0.4, -0.2) is 16.2 Å². The number of hydrogen-bond donors (Lipinski definition) is 1. The highest BCUT2D eigenvalue weighted by Gasteiger charge is 2.01. The second-order valence-corrected chi connectivity index (χ2v) is 4.40. The summed E-state index contributed by atoms with van der Waals surface area (Å²) in [5.41, 5.74) is 2.18. The van der Waals surface area contributed by atoms with E-state index in [-0.39, 0.29) is 6.61 Å². The number of ether oxygens (including phenoxy) is 1. The van der Waals surface area contributed by atoms with Gasteiger partial charge >= 0.3 is 0 Å². The summed E-state index contributed by atoms with van der Waals surface area (Å²) in [6.07, 6.45) is 4.83. The van der Waals surface area contributed by atoms with Crippen LogP contribution in [0.1, 0.15) is 19.0 Å². The third-order valence-corrected chi connectivity index (χ3v) is 2.89. The van der Waals surface area contributed by atoms with Gasteiger partial charge in [-0.25, -0.2) is 4.98 Å². The van der Waals surface area contributed by atoms with Crippen LogP contribution in [0, 0.1) is 11.3 Å². The van der Waals surface area contributed by atoms with E-state index in [2.05, 4.69) is 21.8 Å². The molecule has 104 valence electrons. The quantitative estimate of drug-likeness (QED) is 0.840. The molecule has 0 aliphatic carbocycles. The summed E-state index contributed by atoms with van der Waals surface area (Å²) in [5, 5.41) is 11.8. The fourth-order valence-corrected chi connectivity index (χ4v) is 1.91. The summed E-state index contributed by atoms with van der Waals surface area (Å²) in [4.78, 5) is 4.17. The molecule has 0 unspecified atom stereocenters. The van der Waals surface area contributed by atoms with E-state index >= 15 is 0 Å². The number of aromatic nitrogens is 2. The second-order valence-electron chi connectivity index (χ2n) is 4.40. The van der Waals surface area contributed by atoms with E-state index in [0.717, 1.165) is 30.9 Å². The Morgan fingerprint density at radius 2 is 2.15 bits per heavy atom. The summed E-state index contributed by atoms with van der Waals surface area (Å²) >= 11 is 0. The smallest absolute Gasteiger partial charge is 0.174 e. The Hall–Kier alpha value is -2.48. The van der Waals surface area contributed by atoms with Gasteiger partial charge in [0, 0.05) is 18.4 Å². The van der Waals surface area contributed by atoms with Crippen LogP contribution >= 0.6 is 0 Å². The molecule has 1 aromatic heterocycles. The Morgan fingerprint density at radius 3 is 2.85 bits per heavy atom. The van der Waals surface area contributed by atoms with Gasteiger partial charge in [0.2, 0.25) is 0 Å². The van der Waals surface area contributed by atoms with Crippen LogP contribution in [0.25, 0.3) is 0 Å². The first kappa shape index (κ1) is 13.9. The second kappa shape index (κ2) is 7.19. The summed E-state index contributed by atoms with van der Waals surface area (Å²) in [5.74, 6) is 0.702. The lowest BCUT2D eigenvalue weighted by molar-refractivity contribution is 0.368. The lowest BCUT2D eigenvalue weighted by atomic mass is 10.3. The molecule has 0 saturated heterocycles. The average molecular weight is 270 g/mol. The first-order chi connectivity index (χ1) is 9.83. The third-order valence-electron chi connectivity index (χ3n) is 2.89. The molecule has 20 heavy (non-hydrogen) atoms. The van der Waals surface area contributed by atoms with Gasteiger partial charge in [0.05, 0.1) is 18.6 Å². The molecule has 0 aliphatic rings. The van der Waals surface area contributed by atoms with Crippen LogP contribution < -0.4 is 10.1 Å². The number of benzene rings is 1. The predicted molar refractivity (Wildman–Crippen MR) is 77.4 cm³/mol. The largest absolute Gasteiger partial charge is 0.479 e. The number of nitrogens with one attached hydrogen (secondary N) is 1. The van der Waals surface area contributed by atoms with E-state index in [9.17, 15) is 0 Å². The van der Waals surface area contributed by atoms with Crippen LogP contribution in [0.3, 0.4) is 0 Å². The molecule has 0 radical (unpaired) electrons. The highest BCUT2D eigenvalue weighted by Crippen LogP contribution is 2.16. The topological polar surface area (TPSA) is 62.9 Å². The molecule has 0 atom stereocenters. The maximum absolute atomic E-state index is 8.45. The van der Waals surface area contributed by atoms with Crippen LogP contribution in [0.5, 0.6) is 5.75 Å². The van der Waals surface area contributed by atoms with Gasteiger partial charge < -0.3 is 14.6 Å². The van der Waals surface area contributed by atoms with E-state index in [1.54, 1.807) is 0 Å². The molecule has 0 spiro atoms. The molecule has 0 fully saturated rings. The van der Waals surface area contributed by atoms with E-state index in [0.29, 0.717) is 5.75 Å². The van der Waals surface area contributed by atoms with Crippen molar-refractivity contribution in [3.05, 3.63) is 42.5 Å². The minimum atomic E-state index is 0.0724. The van der Waals surface area contributed by atoms with E-state index in [4.69, 9.17) is 10.00 Å². The molecule has 0 amide bonds. The summed E-state index contributed by atoms with van der Waals surface area (Å²) in [7, 11) is 0. The van der Waals surface area contributed by atoms with E-state index in [1.165, 1.54) is 0 Å². The maximum Gasteiger partial charge on any atom is 0.174 e. The minimum absolute atomic E-state index is 0.0724. The first-order valence-electron chi connectivity index (χ1n) is 6.66. The Bertz CT molecular complexity index is 568. The number of aryl methyl sites for hydroxylation is 1. The van der Waals surface area contributed by atoms with Crippen LogP contribution in [0.15, 0.2) is 36.8 Å². The van der Waals surface area contributed by atoms with Crippen LogP contribution in [-0.2, 0) is 13.1 Å². The van der Waals surface area contributed by atoms with Gasteiger partial charge in [-0.2, -0.15) is 5.26 Å². The van der Waals surface area contributed by atoms with Crippen molar-refractivity contribution in [2.24, 2.45) is 0 Å². The van der Waals surface area contributed by atoms with Crippen molar-refractivity contribution in [3.8, 4) is 11.8 Å². The van der Waals surface area contributed by atoms with Gasteiger partial charge in [-0.1, -0.05) is 6.92 Å². The van der Waals surface area contributed by atoms with Crippen molar-refractivity contribution in [1.29, 1.82) is 5.26 Å². The Labute approximate surface area is 118 Å². The van der Waals surface area contributed by atoms with Gasteiger partial charge in [0.1, 0.15) is 11.8 Å². The van der Waals surface area contributed by atoms with Crippen LogP contribution in [0.2, 0.25) is 0 Å². The summed E-state index contributed by atoms with van der Waals surface area (Å²) < 4.78 is 7.36. The standard InChI is InChI=1S/C15H18N4O/c1-2-8-19-12-17-10-14(19)11-18-13-3-5-15(6-4-13)20-9-7-16/h3-6,10,12,18H,2,8-9,11H2,1H3. The Balaban J connectivity index is 1.90. The van der Waals surface area contributed by atoms with Gasteiger partial charge in [0.15, 0.2) is 6.61 Å². The fraction of sp³-hybridized carbons (Fsp3) is 0.333. The molecule has 2 aromatic rings. The van der Waals surface area contributed by atoms with Gasteiger partial charge in [0.25, 0.3) is 0 Å². The molecule has 5 heteroatoms. The van der Waals surface area contributed by atoms with Gasteiger partial charge in [-0.05, 0) is 30.7 Å². The predicted octanol–water partition coefficient (Wildman–Crippen LogP) is 2.81. The average Bonchev–Trinajstić information content (AvgIpc) is 2.92. The molecule has 0 bridgehead atoms. The SMILES string of the molecule is CCCn1cncc1CNc1ccc(OCC#N)cc1. The number of nitrogens with zero attached hydrogens (tertiary/aromatic N) is 3. The molecule has 0 saturated carbocycles. The van der Waals surface area contributed by atoms with Gasteiger partial charge in [-0.15, -0.1) is 0 Å². The Morgan fingerprint density at radius 1 is 1.35 bits per heavy atom. The molecule has 1 aromatic carbocycles. The lowest BCUT2D eigenvalue weighted by Gasteiger charge is -2.10. The summed E-state index contributed by atoms with van der Waals surface area (Å²) in [6.45, 7) is 3.94. The summed E-state index contributed by atoms with van der Waals surface area (Å²) in [6, 6.07) is 9.52. The van der Waals surface area contributed by atoms with Crippen molar-refractivity contribution in [2.45, 2.75) is 26.4 Å². The first-order valence-corrected chi connectivity index (χ1v) is 6.66. The number of anilines is 1. The van der Waals surface area contributed by atoms with Crippen molar-refractivity contribution in [2.75, 3.05) is 11.9 Å². The molecular weight excluding hydrogens is 252 g/mol. The number of hydrogen-bond acceptors (Lipinski definition) is 4. The van der Waals surface area contributed by atoms with E-state index < -0.39 is 0 Å². The van der Waals surface area contributed by atoms with Crippen LogP contribution in [0.4, 0.5) is 5.69 Å². The molecule has 0 aliphatic heterocycles. The highest BCUT2D eigenvalue weighted by molar-refractivity contribution is 5.46. The minimum Gasteiger partial charge on any atom is -0.479 e. The molecule has 1 heterocycles. The van der Waals surface area contributed by atoms with Gasteiger partial charge in [-0.3, -0.25) is 0 Å². The number of rotatable bonds is 7. The highest BCUT2D eigenvalue weighted by atomic mass is 16.5. The number of imidazole rings is 1. The van der Waals surface area contributed by atoms with Crippen molar-refractivity contribution < 1.29 is 4.74 Å². The Kier molecular flexibility index (Phi) is 5.01. The van der Waals surface area contributed by atoms with Crippen molar-refractivity contribution >= 4 is 5.69 Å². The van der Waals surface area contributed by atoms with Crippen molar-refractivity contribution in [1.82, 2.24) is 9.55 Å². The monoisotopic (exact) mass is 270 g/mol. The molecule has 1 N–H and O–H groups in total. The zero-order chi connectivity index (χ0) is 14.2. The number of nitriles is 1. The van der Waals surface area contributed by atoms with Crippen molar-refractivity contribution in [3.63, 3.8) is 0 Å². The van der Waals surface area contributed by atoms with E-state index in [1.807, 2.05) is 42.9 Å². The third kappa shape index (κ3) is 3.75. The molecular formula is C15H18N4O. The molecule has 2 rings (SSSR count). The molecule has 5 nitrogen and oxygen atoms in total.